The van der Waals surface area contributed by atoms with Crippen molar-refractivity contribution < 1.29 is 4.57 Å². The Morgan fingerprint density at radius 3 is 1.48 bits per heavy atom. The zero-order chi connectivity index (χ0) is 32.7. The second kappa shape index (κ2) is 11.9. The lowest BCUT2D eigenvalue weighted by Crippen LogP contribution is -2.31. The number of benzene rings is 4. The van der Waals surface area contributed by atoms with Gasteiger partial charge in [-0.2, -0.15) is 0 Å². The van der Waals surface area contributed by atoms with Gasteiger partial charge in [0.2, 0.25) is 0 Å². The van der Waals surface area contributed by atoms with Gasteiger partial charge in [-0.1, -0.05) is 98.8 Å². The van der Waals surface area contributed by atoms with Crippen LogP contribution in [-0.4, -0.2) is 15.0 Å². The largest absolute Gasteiger partial charge is 0.308 e. The highest BCUT2D eigenvalue weighted by molar-refractivity contribution is 7.85. The molecule has 0 atom stereocenters. The quantitative estimate of drug-likeness (QED) is 0.170. The van der Waals surface area contributed by atoms with Gasteiger partial charge in [0.15, 0.2) is 7.14 Å². The molecule has 5 nitrogen and oxygen atoms in total. The minimum Gasteiger partial charge on any atom is -0.308 e. The number of hydrogen-bond acceptors (Lipinski definition) is 5. The molecule has 3 aromatic heterocycles. The molecule has 0 N–H and O–H groups in total. The lowest BCUT2D eigenvalue weighted by Gasteiger charge is -2.42. The summed E-state index contributed by atoms with van der Waals surface area (Å²) in [6, 6.07) is 48.5. The molecule has 1 aliphatic heterocycles. The summed E-state index contributed by atoms with van der Waals surface area (Å²) < 4.78 is 15.0. The van der Waals surface area contributed by atoms with Crippen LogP contribution in [0.15, 0.2) is 164 Å². The Balaban J connectivity index is 1.30. The highest BCUT2D eigenvalue weighted by atomic mass is 31.2. The van der Waals surface area contributed by atoms with Crippen molar-refractivity contribution >= 4 is 40.2 Å². The average Bonchev–Trinajstić information content (AvgIpc) is 3.16. The first kappa shape index (κ1) is 29.7. The monoisotopic (exact) mass is 640 g/mol. The summed E-state index contributed by atoms with van der Waals surface area (Å²) in [7, 11) is -3.21. The molecule has 0 spiro atoms. The highest BCUT2D eigenvalue weighted by Gasteiger charge is 2.38. The van der Waals surface area contributed by atoms with Crippen molar-refractivity contribution in [2.24, 2.45) is 0 Å². The predicted molar refractivity (Wildman–Crippen MR) is 197 cm³/mol. The maximum absolute atomic E-state index is 15.0. The Kier molecular flexibility index (Phi) is 7.35. The molecule has 0 bridgehead atoms. The van der Waals surface area contributed by atoms with E-state index in [-0.39, 0.29) is 5.41 Å². The fourth-order valence-corrected chi connectivity index (χ4v) is 9.30. The third-order valence-electron chi connectivity index (χ3n) is 9.30. The van der Waals surface area contributed by atoms with E-state index in [0.29, 0.717) is 5.44 Å². The summed E-state index contributed by atoms with van der Waals surface area (Å²) in [6.45, 7) is 4.56. The van der Waals surface area contributed by atoms with Crippen LogP contribution in [0.25, 0.3) is 22.5 Å². The van der Waals surface area contributed by atoms with Crippen LogP contribution in [0.5, 0.6) is 0 Å². The van der Waals surface area contributed by atoms with Gasteiger partial charge in [0.1, 0.15) is 5.44 Å². The van der Waals surface area contributed by atoms with Crippen molar-refractivity contribution in [3.05, 3.63) is 175 Å². The molecule has 0 saturated carbocycles. The standard InChI is InChI=1S/C42H33N4OP/c1-42(2)35-27-30(37-17-9-11-25-43-37)19-22-39(35)46(40-23-20-31(28-36(40)42)38-18-10-12-26-44-38)32-21-24-41(45-29-32)48(47,33-13-5-3-6-14-33)34-15-7-4-8-16-34/h3-29H,1-2H3. The molecule has 1 aliphatic rings. The molecule has 0 aliphatic carbocycles. The van der Waals surface area contributed by atoms with Gasteiger partial charge in [-0.3, -0.25) is 15.0 Å². The van der Waals surface area contributed by atoms with E-state index >= 15 is 4.57 Å². The van der Waals surface area contributed by atoms with Crippen molar-refractivity contribution in [3.63, 3.8) is 0 Å². The minimum atomic E-state index is -3.21. The van der Waals surface area contributed by atoms with Crippen LogP contribution in [0.1, 0.15) is 25.0 Å². The predicted octanol–water partition coefficient (Wildman–Crippen LogP) is 8.95. The molecule has 0 fully saturated rings. The molecular formula is C42H33N4OP. The summed E-state index contributed by atoms with van der Waals surface area (Å²) in [5, 5.41) is 1.52. The number of aromatic nitrogens is 3. The molecule has 0 amide bonds. The van der Waals surface area contributed by atoms with E-state index in [1.54, 1.807) is 0 Å². The van der Waals surface area contributed by atoms with Gasteiger partial charge < -0.3 is 9.46 Å². The van der Waals surface area contributed by atoms with Crippen molar-refractivity contribution in [2.75, 3.05) is 4.90 Å². The second-order valence-electron chi connectivity index (χ2n) is 12.5. The number of rotatable bonds is 6. The fourth-order valence-electron chi connectivity index (χ4n) is 6.79. The molecule has 6 heteroatoms. The first-order valence-electron chi connectivity index (χ1n) is 16.0. The number of pyridine rings is 3. The van der Waals surface area contributed by atoms with E-state index in [2.05, 4.69) is 65.1 Å². The van der Waals surface area contributed by atoms with Gasteiger partial charge in [0.05, 0.1) is 34.6 Å². The summed E-state index contributed by atoms with van der Waals surface area (Å²) >= 11 is 0. The number of nitrogens with zero attached hydrogens (tertiary/aromatic N) is 4. The Labute approximate surface area is 281 Å². The Bertz CT molecular complexity index is 2140. The van der Waals surface area contributed by atoms with E-state index < -0.39 is 7.14 Å². The SMILES string of the molecule is CC1(C)c2cc(-c3ccccn3)ccc2N(c2ccc(P(=O)(c3ccccc3)c3ccccc3)nc2)c2ccc(-c3ccccn3)cc21. The first-order chi connectivity index (χ1) is 23.4. The molecule has 4 aromatic carbocycles. The molecule has 8 rings (SSSR count). The lowest BCUT2D eigenvalue weighted by atomic mass is 9.72. The van der Waals surface area contributed by atoms with Crippen molar-refractivity contribution in [2.45, 2.75) is 19.3 Å². The van der Waals surface area contributed by atoms with Crippen LogP contribution < -0.4 is 20.9 Å². The maximum Gasteiger partial charge on any atom is 0.188 e. The second-order valence-corrected chi connectivity index (χ2v) is 15.2. The minimum absolute atomic E-state index is 0.333. The third kappa shape index (κ3) is 4.95. The molecule has 7 aromatic rings. The smallest absolute Gasteiger partial charge is 0.188 e. The number of fused-ring (bicyclic) bond motifs is 2. The zero-order valence-corrected chi connectivity index (χ0v) is 27.6. The highest BCUT2D eigenvalue weighted by Crippen LogP contribution is 2.53. The van der Waals surface area contributed by atoms with E-state index in [1.807, 2.05) is 128 Å². The van der Waals surface area contributed by atoms with Crippen LogP contribution in [0, 0.1) is 0 Å². The van der Waals surface area contributed by atoms with E-state index in [1.165, 1.54) is 11.1 Å². The third-order valence-corrected chi connectivity index (χ3v) is 12.3. The van der Waals surface area contributed by atoms with Gasteiger partial charge in [-0.25, -0.2) is 0 Å². The topological polar surface area (TPSA) is 59.0 Å². The summed E-state index contributed by atoms with van der Waals surface area (Å²) in [5.74, 6) is 0. The van der Waals surface area contributed by atoms with E-state index in [4.69, 9.17) is 4.98 Å². The van der Waals surface area contributed by atoms with E-state index in [9.17, 15) is 0 Å². The van der Waals surface area contributed by atoms with Crippen LogP contribution in [0.4, 0.5) is 17.1 Å². The van der Waals surface area contributed by atoms with Crippen molar-refractivity contribution in [3.8, 4) is 22.5 Å². The molecule has 4 heterocycles. The van der Waals surface area contributed by atoms with Gasteiger partial charge in [0.25, 0.3) is 0 Å². The Hall–Kier alpha value is -5.64. The van der Waals surface area contributed by atoms with Gasteiger partial charge in [-0.05, 0) is 71.8 Å². The maximum atomic E-state index is 15.0. The van der Waals surface area contributed by atoms with Gasteiger partial charge >= 0.3 is 0 Å². The normalized spacial score (nSPS) is 13.4. The molecular weight excluding hydrogens is 607 g/mol. The zero-order valence-electron chi connectivity index (χ0n) is 26.7. The van der Waals surface area contributed by atoms with Crippen molar-refractivity contribution in [1.82, 2.24) is 15.0 Å². The first-order valence-corrected chi connectivity index (χ1v) is 17.8. The fraction of sp³-hybridized carbons (Fsp3) is 0.0714. The number of hydrogen-bond donors (Lipinski definition) is 0. The van der Waals surface area contributed by atoms with Crippen LogP contribution in [-0.2, 0) is 9.98 Å². The van der Waals surface area contributed by atoms with Crippen molar-refractivity contribution in [1.29, 1.82) is 0 Å². The Morgan fingerprint density at radius 1 is 0.542 bits per heavy atom. The van der Waals surface area contributed by atoms with Crippen LogP contribution in [0.3, 0.4) is 0 Å². The molecule has 0 saturated heterocycles. The average molecular weight is 641 g/mol. The van der Waals surface area contributed by atoms with Crippen LogP contribution >= 0.6 is 7.14 Å². The van der Waals surface area contributed by atoms with Gasteiger partial charge in [-0.15, -0.1) is 0 Å². The molecule has 48 heavy (non-hydrogen) atoms. The number of anilines is 3. The molecule has 0 radical (unpaired) electrons. The Morgan fingerprint density at radius 2 is 1.04 bits per heavy atom. The summed E-state index contributed by atoms with van der Waals surface area (Å²) in [4.78, 5) is 16.5. The van der Waals surface area contributed by atoms with Gasteiger partial charge in [0, 0.05) is 39.5 Å². The summed E-state index contributed by atoms with van der Waals surface area (Å²) in [6.07, 6.45) is 5.52. The van der Waals surface area contributed by atoms with E-state index in [0.717, 1.165) is 50.2 Å². The molecule has 0 unspecified atom stereocenters. The molecule has 232 valence electrons. The summed E-state index contributed by atoms with van der Waals surface area (Å²) in [5.41, 5.74) is 9.60. The lowest BCUT2D eigenvalue weighted by molar-refractivity contribution is 0.592. The van der Waals surface area contributed by atoms with Crippen LogP contribution in [0.2, 0.25) is 0 Å².